The summed E-state index contributed by atoms with van der Waals surface area (Å²) >= 11 is 1.60. The molecule has 2 heterocycles. The van der Waals surface area contributed by atoms with Gasteiger partial charge < -0.3 is 15.0 Å². The van der Waals surface area contributed by atoms with Crippen LogP contribution < -0.4 is 5.73 Å². The second kappa shape index (κ2) is 5.16. The van der Waals surface area contributed by atoms with E-state index >= 15 is 0 Å². The lowest BCUT2D eigenvalue weighted by atomic mass is 10.2. The zero-order valence-electron chi connectivity index (χ0n) is 9.50. The largest absolute Gasteiger partial charge is 0.468 e. The van der Waals surface area contributed by atoms with Crippen molar-refractivity contribution < 1.29 is 9.53 Å². The van der Waals surface area contributed by atoms with Crippen LogP contribution in [0.3, 0.4) is 0 Å². The number of hydrogen-bond acceptors (Lipinski definition) is 4. The third kappa shape index (κ3) is 2.57. The number of carbonyl (C=O) groups excluding carboxylic acids is 1. The molecule has 0 aliphatic carbocycles. The molecule has 17 heavy (non-hydrogen) atoms. The lowest BCUT2D eigenvalue weighted by Crippen LogP contribution is -2.33. The summed E-state index contributed by atoms with van der Waals surface area (Å²) in [5.41, 5.74) is 6.83. The molecule has 5 heteroatoms. The smallest absolute Gasteiger partial charge is 0.323 e. The average Bonchev–Trinajstić information content (AvgIpc) is 2.97. The number of methoxy groups -OCH3 is 1. The van der Waals surface area contributed by atoms with Gasteiger partial charge in [0, 0.05) is 23.7 Å². The maximum absolute atomic E-state index is 11.3. The van der Waals surface area contributed by atoms with Gasteiger partial charge in [-0.1, -0.05) is 0 Å². The van der Waals surface area contributed by atoms with Crippen molar-refractivity contribution in [3.63, 3.8) is 0 Å². The number of aromatic nitrogens is 1. The lowest BCUT2D eigenvalue weighted by Gasteiger charge is -2.10. The van der Waals surface area contributed by atoms with E-state index < -0.39 is 6.04 Å². The Kier molecular flexibility index (Phi) is 3.61. The lowest BCUT2D eigenvalue weighted by molar-refractivity contribution is -0.142. The van der Waals surface area contributed by atoms with Crippen LogP contribution in [-0.4, -0.2) is 23.7 Å². The van der Waals surface area contributed by atoms with Crippen molar-refractivity contribution in [3.05, 3.63) is 40.8 Å². The third-order valence-electron chi connectivity index (χ3n) is 2.51. The molecule has 0 aliphatic rings. The van der Waals surface area contributed by atoms with Crippen LogP contribution in [0.1, 0.15) is 4.88 Å². The Balaban J connectivity index is 2.18. The van der Waals surface area contributed by atoms with Crippen molar-refractivity contribution in [2.45, 2.75) is 12.5 Å². The Bertz CT molecular complexity index is 490. The highest BCUT2D eigenvalue weighted by molar-refractivity contribution is 7.10. The molecule has 90 valence electrons. The van der Waals surface area contributed by atoms with E-state index in [0.29, 0.717) is 6.42 Å². The first-order chi connectivity index (χ1) is 8.22. The van der Waals surface area contributed by atoms with E-state index in [4.69, 9.17) is 5.73 Å². The molecule has 0 bridgehead atoms. The minimum atomic E-state index is -0.604. The first kappa shape index (κ1) is 11.9. The van der Waals surface area contributed by atoms with Crippen molar-refractivity contribution in [1.82, 2.24) is 4.57 Å². The summed E-state index contributed by atoms with van der Waals surface area (Å²) in [7, 11) is 1.35. The highest BCUT2D eigenvalue weighted by Gasteiger charge is 2.17. The van der Waals surface area contributed by atoms with E-state index in [9.17, 15) is 4.79 Å². The Morgan fingerprint density at radius 1 is 1.53 bits per heavy atom. The van der Waals surface area contributed by atoms with Gasteiger partial charge in [-0.3, -0.25) is 4.79 Å². The third-order valence-corrected chi connectivity index (χ3v) is 3.45. The van der Waals surface area contributed by atoms with Gasteiger partial charge in [0.05, 0.1) is 12.8 Å². The van der Waals surface area contributed by atoms with E-state index in [1.165, 1.54) is 7.11 Å². The molecule has 2 aromatic rings. The Morgan fingerprint density at radius 2 is 2.24 bits per heavy atom. The maximum Gasteiger partial charge on any atom is 0.323 e. The predicted molar refractivity (Wildman–Crippen MR) is 67.3 cm³/mol. The van der Waals surface area contributed by atoms with Gasteiger partial charge in [-0.2, -0.15) is 0 Å². The number of ether oxygens (including phenoxy) is 1. The van der Waals surface area contributed by atoms with Gasteiger partial charge in [-0.25, -0.2) is 0 Å². The highest BCUT2D eigenvalue weighted by Crippen LogP contribution is 2.22. The first-order valence-corrected chi connectivity index (χ1v) is 6.13. The van der Waals surface area contributed by atoms with E-state index in [-0.39, 0.29) is 5.97 Å². The summed E-state index contributed by atoms with van der Waals surface area (Å²) in [6, 6.07) is 5.33. The average molecular weight is 250 g/mol. The normalized spacial score (nSPS) is 12.4. The molecule has 0 fully saturated rings. The quantitative estimate of drug-likeness (QED) is 0.838. The molecule has 0 aliphatic heterocycles. The van der Waals surface area contributed by atoms with Crippen molar-refractivity contribution in [2.24, 2.45) is 5.73 Å². The molecular weight excluding hydrogens is 236 g/mol. The molecule has 2 aromatic heterocycles. The van der Waals surface area contributed by atoms with Gasteiger partial charge in [-0.15, -0.1) is 11.3 Å². The van der Waals surface area contributed by atoms with Crippen LogP contribution in [0.25, 0.3) is 5.69 Å². The van der Waals surface area contributed by atoms with Gasteiger partial charge >= 0.3 is 5.97 Å². The van der Waals surface area contributed by atoms with Gasteiger partial charge in [-0.05, 0) is 23.6 Å². The van der Waals surface area contributed by atoms with E-state index in [2.05, 4.69) is 4.74 Å². The monoisotopic (exact) mass is 250 g/mol. The SMILES string of the molecule is COC(=O)C(N)Cc1sccc1-n1cccc1. The highest BCUT2D eigenvalue weighted by atomic mass is 32.1. The molecule has 0 saturated heterocycles. The minimum absolute atomic E-state index is 0.378. The van der Waals surface area contributed by atoms with Crippen molar-refractivity contribution in [2.75, 3.05) is 7.11 Å². The van der Waals surface area contributed by atoms with Crippen LogP contribution in [0.4, 0.5) is 0 Å². The summed E-state index contributed by atoms with van der Waals surface area (Å²) in [5.74, 6) is -0.378. The fourth-order valence-electron chi connectivity index (χ4n) is 1.65. The standard InChI is InChI=1S/C12H14N2O2S/c1-16-12(15)9(13)8-11-10(4-7-17-11)14-5-2-3-6-14/h2-7,9H,8,13H2,1H3. The molecule has 1 atom stereocenters. The Morgan fingerprint density at radius 3 is 2.88 bits per heavy atom. The molecule has 0 spiro atoms. The second-order valence-electron chi connectivity index (χ2n) is 3.65. The van der Waals surface area contributed by atoms with Crippen LogP contribution in [0, 0.1) is 0 Å². The van der Waals surface area contributed by atoms with Crippen molar-refractivity contribution >= 4 is 17.3 Å². The van der Waals surface area contributed by atoms with Crippen LogP contribution in [0.2, 0.25) is 0 Å². The Labute approximate surface area is 104 Å². The summed E-state index contributed by atoms with van der Waals surface area (Å²) < 4.78 is 6.63. The van der Waals surface area contributed by atoms with Crippen molar-refractivity contribution in [1.29, 1.82) is 0 Å². The predicted octanol–water partition coefficient (Wildman–Crippen LogP) is 1.58. The zero-order chi connectivity index (χ0) is 12.3. The summed E-state index contributed by atoms with van der Waals surface area (Å²) in [5, 5.41) is 1.99. The second-order valence-corrected chi connectivity index (χ2v) is 4.65. The number of nitrogens with zero attached hydrogens (tertiary/aromatic N) is 1. The zero-order valence-corrected chi connectivity index (χ0v) is 10.3. The fourth-order valence-corrected chi connectivity index (χ4v) is 2.58. The number of carbonyl (C=O) groups is 1. The minimum Gasteiger partial charge on any atom is -0.468 e. The summed E-state index contributed by atoms with van der Waals surface area (Å²) in [6.07, 6.45) is 4.43. The Hall–Kier alpha value is -1.59. The maximum atomic E-state index is 11.3. The van der Waals surface area contributed by atoms with Crippen molar-refractivity contribution in [3.8, 4) is 5.69 Å². The fraction of sp³-hybridized carbons (Fsp3) is 0.250. The van der Waals surface area contributed by atoms with E-state index in [0.717, 1.165) is 10.6 Å². The first-order valence-electron chi connectivity index (χ1n) is 5.25. The molecular formula is C12H14N2O2S. The van der Waals surface area contributed by atoms with E-state index in [1.807, 2.05) is 40.5 Å². The van der Waals surface area contributed by atoms with Crippen LogP contribution >= 0.6 is 11.3 Å². The molecule has 2 rings (SSSR count). The number of thiophene rings is 1. The number of esters is 1. The van der Waals surface area contributed by atoms with Gasteiger partial charge in [0.2, 0.25) is 0 Å². The van der Waals surface area contributed by atoms with Gasteiger partial charge in [0.1, 0.15) is 6.04 Å². The molecule has 1 unspecified atom stereocenters. The van der Waals surface area contributed by atoms with E-state index in [1.54, 1.807) is 11.3 Å². The van der Waals surface area contributed by atoms with Crippen LogP contribution in [0.15, 0.2) is 36.0 Å². The number of nitrogens with two attached hydrogens (primary N) is 1. The molecule has 0 saturated carbocycles. The number of hydrogen-bond donors (Lipinski definition) is 1. The topological polar surface area (TPSA) is 57.2 Å². The molecule has 2 N–H and O–H groups in total. The van der Waals surface area contributed by atoms with Gasteiger partial charge in [0.15, 0.2) is 0 Å². The molecule has 4 nitrogen and oxygen atoms in total. The molecule has 0 radical (unpaired) electrons. The van der Waals surface area contributed by atoms with Gasteiger partial charge in [0.25, 0.3) is 0 Å². The summed E-state index contributed by atoms with van der Waals surface area (Å²) in [6.45, 7) is 0. The molecule has 0 aromatic carbocycles. The van der Waals surface area contributed by atoms with Crippen LogP contribution in [0.5, 0.6) is 0 Å². The summed E-state index contributed by atoms with van der Waals surface area (Å²) in [4.78, 5) is 12.4. The number of rotatable bonds is 4. The van der Waals surface area contributed by atoms with Crippen LogP contribution in [-0.2, 0) is 16.0 Å². The molecule has 0 amide bonds.